The van der Waals surface area contributed by atoms with Crippen molar-refractivity contribution in [3.05, 3.63) is 29.8 Å². The van der Waals surface area contributed by atoms with E-state index in [2.05, 4.69) is 4.98 Å². The van der Waals surface area contributed by atoms with Crippen molar-refractivity contribution in [2.24, 2.45) is 0 Å². The van der Waals surface area contributed by atoms with Gasteiger partial charge < -0.3 is 4.90 Å². The number of aromatic nitrogens is 1. The van der Waals surface area contributed by atoms with Gasteiger partial charge in [-0.15, -0.1) is 0 Å². The van der Waals surface area contributed by atoms with Crippen molar-refractivity contribution in [2.45, 2.75) is 6.92 Å². The number of pyridine rings is 1. The molecule has 0 atom stereocenters. The zero-order valence-corrected chi connectivity index (χ0v) is 7.62. The fraction of sp³-hybridized carbons (Fsp3) is 0.333. The van der Waals surface area contributed by atoms with Crippen molar-refractivity contribution >= 4 is 5.91 Å². The molecule has 0 saturated heterocycles. The lowest BCUT2D eigenvalue weighted by Gasteiger charge is -2.13. The summed E-state index contributed by atoms with van der Waals surface area (Å²) in [7, 11) is 1.66. The number of carbonyl (C=O) groups excluding carboxylic acids is 1. The minimum atomic E-state index is -0.490. The Labute approximate surface area is 76.2 Å². The Morgan fingerprint density at radius 2 is 2.31 bits per heavy atom. The lowest BCUT2D eigenvalue weighted by atomic mass is 10.2. The van der Waals surface area contributed by atoms with E-state index in [1.807, 2.05) is 6.92 Å². The van der Waals surface area contributed by atoms with Gasteiger partial charge in [-0.2, -0.15) is 0 Å². The summed E-state index contributed by atoms with van der Waals surface area (Å²) in [5.74, 6) is -0.704. The summed E-state index contributed by atoms with van der Waals surface area (Å²) in [5.41, 5.74) is 0.282. The van der Waals surface area contributed by atoms with E-state index in [4.69, 9.17) is 0 Å². The number of nitrogens with zero attached hydrogens (tertiary/aromatic N) is 2. The third-order valence-electron chi connectivity index (χ3n) is 1.77. The molecular formula is C9H11FN2O. The Morgan fingerprint density at radius 1 is 1.62 bits per heavy atom. The summed E-state index contributed by atoms with van der Waals surface area (Å²) >= 11 is 0. The van der Waals surface area contributed by atoms with E-state index in [1.54, 1.807) is 7.05 Å². The van der Waals surface area contributed by atoms with Gasteiger partial charge in [0.05, 0.1) is 11.8 Å². The van der Waals surface area contributed by atoms with Gasteiger partial charge in [0.2, 0.25) is 0 Å². The van der Waals surface area contributed by atoms with Crippen LogP contribution in [-0.2, 0) is 0 Å². The molecule has 4 heteroatoms. The first-order chi connectivity index (χ1) is 6.15. The molecule has 0 spiro atoms. The Morgan fingerprint density at radius 3 is 2.85 bits per heavy atom. The molecule has 13 heavy (non-hydrogen) atoms. The number of carbonyl (C=O) groups is 1. The predicted octanol–water partition coefficient (Wildman–Crippen LogP) is 1.31. The average molecular weight is 182 g/mol. The van der Waals surface area contributed by atoms with Crippen LogP contribution in [0.2, 0.25) is 0 Å². The van der Waals surface area contributed by atoms with Crippen LogP contribution in [0.25, 0.3) is 0 Å². The summed E-state index contributed by atoms with van der Waals surface area (Å²) < 4.78 is 12.7. The van der Waals surface area contributed by atoms with Crippen LogP contribution in [0.15, 0.2) is 18.5 Å². The van der Waals surface area contributed by atoms with E-state index in [0.717, 1.165) is 6.20 Å². The van der Waals surface area contributed by atoms with Crippen LogP contribution in [0.1, 0.15) is 17.3 Å². The quantitative estimate of drug-likeness (QED) is 0.691. The molecule has 0 radical (unpaired) electrons. The second-order valence-electron chi connectivity index (χ2n) is 2.71. The van der Waals surface area contributed by atoms with Crippen LogP contribution >= 0.6 is 0 Å². The molecule has 1 rings (SSSR count). The highest BCUT2D eigenvalue weighted by atomic mass is 19.1. The van der Waals surface area contributed by atoms with E-state index < -0.39 is 5.82 Å². The van der Waals surface area contributed by atoms with Crippen LogP contribution in [0, 0.1) is 5.82 Å². The first kappa shape index (κ1) is 9.64. The van der Waals surface area contributed by atoms with Crippen LogP contribution in [0.5, 0.6) is 0 Å². The molecule has 0 N–H and O–H groups in total. The van der Waals surface area contributed by atoms with Gasteiger partial charge in [0.25, 0.3) is 5.91 Å². The maximum atomic E-state index is 12.7. The fourth-order valence-electron chi connectivity index (χ4n) is 0.893. The molecule has 0 unspecified atom stereocenters. The fourth-order valence-corrected chi connectivity index (χ4v) is 0.893. The summed E-state index contributed by atoms with van der Waals surface area (Å²) in [6.45, 7) is 2.44. The van der Waals surface area contributed by atoms with Gasteiger partial charge in [-0.1, -0.05) is 0 Å². The minimum Gasteiger partial charge on any atom is -0.342 e. The maximum Gasteiger partial charge on any atom is 0.255 e. The monoisotopic (exact) mass is 182 g/mol. The number of halogens is 1. The van der Waals surface area contributed by atoms with Gasteiger partial charge in [0, 0.05) is 19.8 Å². The highest BCUT2D eigenvalue weighted by molar-refractivity contribution is 5.93. The smallest absolute Gasteiger partial charge is 0.255 e. The van der Waals surface area contributed by atoms with Crippen LogP contribution in [-0.4, -0.2) is 29.4 Å². The molecule has 0 aliphatic carbocycles. The summed E-state index contributed by atoms with van der Waals surface area (Å²) in [5, 5.41) is 0. The average Bonchev–Trinajstić information content (AvgIpc) is 2.15. The molecule has 0 aromatic carbocycles. The molecule has 0 aliphatic heterocycles. The predicted molar refractivity (Wildman–Crippen MR) is 46.8 cm³/mol. The van der Waals surface area contributed by atoms with Crippen LogP contribution in [0.3, 0.4) is 0 Å². The summed E-state index contributed by atoms with van der Waals surface area (Å²) in [6.07, 6.45) is 2.43. The van der Waals surface area contributed by atoms with Crippen molar-refractivity contribution in [1.29, 1.82) is 0 Å². The molecule has 0 fully saturated rings. The van der Waals surface area contributed by atoms with E-state index in [9.17, 15) is 9.18 Å². The number of hydrogen-bond acceptors (Lipinski definition) is 2. The molecule has 0 saturated carbocycles. The minimum absolute atomic E-state index is 0.213. The standard InChI is InChI=1S/C9H11FN2O/c1-3-12(2)9(13)7-4-8(10)6-11-5-7/h4-6H,3H2,1-2H3. The van der Waals surface area contributed by atoms with E-state index in [0.29, 0.717) is 6.54 Å². The first-order valence-electron chi connectivity index (χ1n) is 4.01. The van der Waals surface area contributed by atoms with Gasteiger partial charge in [0.15, 0.2) is 0 Å². The third kappa shape index (κ3) is 2.24. The van der Waals surface area contributed by atoms with Gasteiger partial charge in [-0.05, 0) is 13.0 Å². The second kappa shape index (κ2) is 3.98. The van der Waals surface area contributed by atoms with Crippen molar-refractivity contribution in [1.82, 2.24) is 9.88 Å². The van der Waals surface area contributed by atoms with Gasteiger partial charge in [-0.3, -0.25) is 9.78 Å². The Kier molecular flexibility index (Phi) is 2.95. The normalized spacial score (nSPS) is 9.77. The Hall–Kier alpha value is -1.45. The zero-order valence-electron chi connectivity index (χ0n) is 7.62. The maximum absolute atomic E-state index is 12.7. The highest BCUT2D eigenvalue weighted by Gasteiger charge is 2.10. The third-order valence-corrected chi connectivity index (χ3v) is 1.77. The Balaban J connectivity index is 2.89. The first-order valence-corrected chi connectivity index (χ1v) is 4.01. The lowest BCUT2D eigenvalue weighted by Crippen LogP contribution is -2.26. The molecular weight excluding hydrogens is 171 g/mol. The van der Waals surface area contributed by atoms with Gasteiger partial charge >= 0.3 is 0 Å². The van der Waals surface area contributed by atoms with E-state index >= 15 is 0 Å². The van der Waals surface area contributed by atoms with Crippen molar-refractivity contribution in [3.63, 3.8) is 0 Å². The molecule has 0 aliphatic rings. The lowest BCUT2D eigenvalue weighted by molar-refractivity contribution is 0.0801. The van der Waals surface area contributed by atoms with Crippen molar-refractivity contribution in [2.75, 3.05) is 13.6 Å². The number of rotatable bonds is 2. The highest BCUT2D eigenvalue weighted by Crippen LogP contribution is 2.03. The molecule has 70 valence electrons. The van der Waals surface area contributed by atoms with Gasteiger partial charge in [0.1, 0.15) is 5.82 Å². The molecule has 1 aromatic heterocycles. The molecule has 1 amide bonds. The molecule has 0 bridgehead atoms. The molecule has 3 nitrogen and oxygen atoms in total. The number of hydrogen-bond donors (Lipinski definition) is 0. The van der Waals surface area contributed by atoms with Crippen molar-refractivity contribution in [3.8, 4) is 0 Å². The zero-order chi connectivity index (χ0) is 9.84. The van der Waals surface area contributed by atoms with E-state index in [1.165, 1.54) is 17.2 Å². The van der Waals surface area contributed by atoms with Crippen LogP contribution in [0.4, 0.5) is 4.39 Å². The largest absolute Gasteiger partial charge is 0.342 e. The molecule has 1 heterocycles. The topological polar surface area (TPSA) is 33.2 Å². The van der Waals surface area contributed by atoms with Crippen molar-refractivity contribution < 1.29 is 9.18 Å². The van der Waals surface area contributed by atoms with E-state index in [-0.39, 0.29) is 11.5 Å². The second-order valence-corrected chi connectivity index (χ2v) is 2.71. The summed E-state index contributed by atoms with van der Waals surface area (Å²) in [4.78, 5) is 16.5. The van der Waals surface area contributed by atoms with Crippen LogP contribution < -0.4 is 0 Å². The summed E-state index contributed by atoms with van der Waals surface area (Å²) in [6, 6.07) is 1.18. The Bertz CT molecular complexity index is 314. The number of amides is 1. The molecule has 1 aromatic rings. The van der Waals surface area contributed by atoms with Gasteiger partial charge in [-0.25, -0.2) is 4.39 Å². The SMILES string of the molecule is CCN(C)C(=O)c1cncc(F)c1.